The van der Waals surface area contributed by atoms with Gasteiger partial charge in [-0.05, 0) is 32.1 Å². The van der Waals surface area contributed by atoms with E-state index in [-0.39, 0.29) is 5.97 Å². The van der Waals surface area contributed by atoms with E-state index in [0.717, 1.165) is 16.5 Å². The predicted molar refractivity (Wildman–Crippen MR) is 68.7 cm³/mol. The number of carbonyl (C=O) groups is 1. The van der Waals surface area contributed by atoms with Crippen molar-refractivity contribution in [2.75, 3.05) is 6.61 Å². The van der Waals surface area contributed by atoms with E-state index in [4.69, 9.17) is 4.74 Å². The molecule has 1 aromatic carbocycles. The molecule has 1 aromatic heterocycles. The fourth-order valence-corrected chi connectivity index (χ4v) is 1.74. The molecule has 0 aliphatic rings. The molecule has 0 atom stereocenters. The first-order valence-corrected chi connectivity index (χ1v) is 5.63. The smallest absolute Gasteiger partial charge is 0.330 e. The van der Waals surface area contributed by atoms with Crippen molar-refractivity contribution in [2.45, 2.75) is 13.8 Å². The average molecular weight is 229 g/mol. The van der Waals surface area contributed by atoms with E-state index in [1.54, 1.807) is 13.0 Å². The van der Waals surface area contributed by atoms with Crippen molar-refractivity contribution >= 4 is 22.9 Å². The lowest BCUT2D eigenvalue weighted by Crippen LogP contribution is -1.98. The number of benzene rings is 1. The van der Waals surface area contributed by atoms with Gasteiger partial charge in [-0.2, -0.15) is 0 Å². The van der Waals surface area contributed by atoms with Gasteiger partial charge in [-0.25, -0.2) is 4.79 Å². The Morgan fingerprint density at radius 3 is 3.06 bits per heavy atom. The summed E-state index contributed by atoms with van der Waals surface area (Å²) in [5.74, 6) is -0.311. The molecule has 0 amide bonds. The number of esters is 1. The first kappa shape index (κ1) is 11.5. The first-order valence-electron chi connectivity index (χ1n) is 5.63. The van der Waals surface area contributed by atoms with Gasteiger partial charge in [-0.1, -0.05) is 11.6 Å². The third-order valence-corrected chi connectivity index (χ3v) is 2.55. The fraction of sp³-hybridized carbons (Fsp3) is 0.214. The summed E-state index contributed by atoms with van der Waals surface area (Å²) >= 11 is 0. The van der Waals surface area contributed by atoms with Crippen molar-refractivity contribution < 1.29 is 9.53 Å². The van der Waals surface area contributed by atoms with E-state index in [9.17, 15) is 4.79 Å². The van der Waals surface area contributed by atoms with E-state index in [1.807, 2.05) is 19.2 Å². The number of aromatic nitrogens is 1. The molecule has 1 N–H and O–H groups in total. The van der Waals surface area contributed by atoms with Crippen LogP contribution in [-0.2, 0) is 9.53 Å². The minimum atomic E-state index is -0.311. The Bertz CT molecular complexity index is 567. The van der Waals surface area contributed by atoms with Gasteiger partial charge in [0.2, 0.25) is 0 Å². The van der Waals surface area contributed by atoms with Crippen LogP contribution in [0, 0.1) is 6.92 Å². The second-order valence-electron chi connectivity index (χ2n) is 3.88. The third kappa shape index (κ3) is 2.56. The third-order valence-electron chi connectivity index (χ3n) is 2.55. The van der Waals surface area contributed by atoms with Gasteiger partial charge in [0, 0.05) is 28.7 Å². The Morgan fingerprint density at radius 1 is 1.47 bits per heavy atom. The molecule has 0 saturated heterocycles. The Labute approximate surface area is 100 Å². The normalized spacial score (nSPS) is 11.2. The zero-order chi connectivity index (χ0) is 12.3. The van der Waals surface area contributed by atoms with Crippen LogP contribution in [0.4, 0.5) is 0 Å². The number of hydrogen-bond acceptors (Lipinski definition) is 2. The fourth-order valence-electron chi connectivity index (χ4n) is 1.74. The van der Waals surface area contributed by atoms with E-state index < -0.39 is 0 Å². The SMILES string of the molecule is CCOC(=O)C=Cc1c[nH]c2ccc(C)cc12. The lowest BCUT2D eigenvalue weighted by Gasteiger charge is -1.96. The van der Waals surface area contributed by atoms with Gasteiger partial charge in [0.1, 0.15) is 0 Å². The minimum absolute atomic E-state index is 0.311. The predicted octanol–water partition coefficient (Wildman–Crippen LogP) is 3.05. The molecule has 1 heterocycles. The molecule has 3 heteroatoms. The second-order valence-corrected chi connectivity index (χ2v) is 3.88. The van der Waals surface area contributed by atoms with E-state index in [1.165, 1.54) is 11.6 Å². The monoisotopic (exact) mass is 229 g/mol. The van der Waals surface area contributed by atoms with Crippen molar-refractivity contribution in [1.82, 2.24) is 4.98 Å². The zero-order valence-electron chi connectivity index (χ0n) is 9.99. The molecule has 0 bridgehead atoms. The maximum absolute atomic E-state index is 11.2. The molecular weight excluding hydrogens is 214 g/mol. The summed E-state index contributed by atoms with van der Waals surface area (Å²) in [7, 11) is 0. The number of nitrogens with one attached hydrogen (secondary N) is 1. The van der Waals surface area contributed by atoms with Crippen LogP contribution >= 0.6 is 0 Å². The van der Waals surface area contributed by atoms with Crippen LogP contribution < -0.4 is 0 Å². The number of rotatable bonds is 3. The highest BCUT2D eigenvalue weighted by atomic mass is 16.5. The lowest BCUT2D eigenvalue weighted by molar-refractivity contribution is -0.137. The van der Waals surface area contributed by atoms with Gasteiger partial charge in [0.15, 0.2) is 0 Å². The second kappa shape index (κ2) is 4.87. The molecule has 0 fully saturated rings. The average Bonchev–Trinajstić information content (AvgIpc) is 2.69. The summed E-state index contributed by atoms with van der Waals surface area (Å²) in [6.45, 7) is 4.24. The van der Waals surface area contributed by atoms with Crippen LogP contribution in [0.2, 0.25) is 0 Å². The lowest BCUT2D eigenvalue weighted by atomic mass is 10.1. The summed E-state index contributed by atoms with van der Waals surface area (Å²) < 4.78 is 4.84. The molecule has 2 aromatic rings. The standard InChI is InChI=1S/C14H15NO2/c1-3-17-14(16)7-5-11-9-15-13-6-4-10(2)8-12(11)13/h4-9,15H,3H2,1-2H3. The summed E-state index contributed by atoms with van der Waals surface area (Å²) in [5.41, 5.74) is 3.26. The number of fused-ring (bicyclic) bond motifs is 1. The van der Waals surface area contributed by atoms with Gasteiger partial charge >= 0.3 is 5.97 Å². The van der Waals surface area contributed by atoms with Crippen LogP contribution in [0.15, 0.2) is 30.5 Å². The largest absolute Gasteiger partial charge is 0.463 e. The van der Waals surface area contributed by atoms with Crippen LogP contribution in [-0.4, -0.2) is 17.6 Å². The Balaban J connectivity index is 2.30. The van der Waals surface area contributed by atoms with E-state index in [2.05, 4.69) is 17.1 Å². The molecule has 0 aliphatic carbocycles. The molecule has 88 valence electrons. The molecular formula is C14H15NO2. The molecule has 0 aliphatic heterocycles. The number of carbonyl (C=O) groups excluding carboxylic acids is 1. The zero-order valence-corrected chi connectivity index (χ0v) is 9.99. The maximum Gasteiger partial charge on any atom is 0.330 e. The molecule has 0 radical (unpaired) electrons. The van der Waals surface area contributed by atoms with Crippen molar-refractivity contribution in [1.29, 1.82) is 0 Å². The van der Waals surface area contributed by atoms with Crippen LogP contribution in [0.3, 0.4) is 0 Å². The van der Waals surface area contributed by atoms with Crippen LogP contribution in [0.5, 0.6) is 0 Å². The van der Waals surface area contributed by atoms with Crippen molar-refractivity contribution in [3.8, 4) is 0 Å². The van der Waals surface area contributed by atoms with Crippen molar-refractivity contribution in [3.05, 3.63) is 41.6 Å². The van der Waals surface area contributed by atoms with E-state index in [0.29, 0.717) is 6.61 Å². The summed E-state index contributed by atoms with van der Waals surface area (Å²) in [4.78, 5) is 14.4. The molecule has 0 spiro atoms. The van der Waals surface area contributed by atoms with Gasteiger partial charge in [0.25, 0.3) is 0 Å². The van der Waals surface area contributed by atoms with Gasteiger partial charge in [-0.15, -0.1) is 0 Å². The topological polar surface area (TPSA) is 42.1 Å². The minimum Gasteiger partial charge on any atom is -0.463 e. The number of aromatic amines is 1. The Kier molecular flexibility index (Phi) is 3.28. The summed E-state index contributed by atoms with van der Waals surface area (Å²) in [5, 5.41) is 1.12. The number of H-pyrrole nitrogens is 1. The molecule has 0 unspecified atom stereocenters. The maximum atomic E-state index is 11.2. The quantitative estimate of drug-likeness (QED) is 0.649. The highest BCUT2D eigenvalue weighted by Crippen LogP contribution is 2.20. The van der Waals surface area contributed by atoms with E-state index >= 15 is 0 Å². The van der Waals surface area contributed by atoms with Crippen LogP contribution in [0.25, 0.3) is 17.0 Å². The number of aryl methyl sites for hydroxylation is 1. The highest BCUT2D eigenvalue weighted by molar-refractivity contribution is 5.94. The number of ether oxygens (including phenoxy) is 1. The van der Waals surface area contributed by atoms with Crippen molar-refractivity contribution in [2.24, 2.45) is 0 Å². The molecule has 3 nitrogen and oxygen atoms in total. The molecule has 17 heavy (non-hydrogen) atoms. The number of hydrogen-bond donors (Lipinski definition) is 1. The highest BCUT2D eigenvalue weighted by Gasteiger charge is 2.01. The van der Waals surface area contributed by atoms with Gasteiger partial charge in [0.05, 0.1) is 6.61 Å². The van der Waals surface area contributed by atoms with Crippen molar-refractivity contribution in [3.63, 3.8) is 0 Å². The molecule has 0 saturated carbocycles. The molecule has 2 rings (SSSR count). The Morgan fingerprint density at radius 2 is 2.29 bits per heavy atom. The Hall–Kier alpha value is -2.03. The summed E-state index contributed by atoms with van der Waals surface area (Å²) in [6.07, 6.45) is 5.12. The van der Waals surface area contributed by atoms with Gasteiger partial charge in [-0.3, -0.25) is 0 Å². The first-order chi connectivity index (χ1) is 8.20. The van der Waals surface area contributed by atoms with Crippen LogP contribution in [0.1, 0.15) is 18.1 Å². The summed E-state index contributed by atoms with van der Waals surface area (Å²) in [6, 6.07) is 6.18. The van der Waals surface area contributed by atoms with Gasteiger partial charge < -0.3 is 9.72 Å².